The Balaban J connectivity index is 2.19. The molecule has 3 heteroatoms. The SMILES string of the molecule is CN1CC(C)(O)C(O)C[C@H]1c1ccccc1. The molecular weight excluding hydrogens is 202 g/mol. The largest absolute Gasteiger partial charge is 0.390 e. The van der Waals surface area contributed by atoms with Gasteiger partial charge in [0.1, 0.15) is 5.60 Å². The topological polar surface area (TPSA) is 43.7 Å². The van der Waals surface area contributed by atoms with E-state index in [2.05, 4.69) is 17.0 Å². The van der Waals surface area contributed by atoms with Crippen molar-refractivity contribution in [1.29, 1.82) is 0 Å². The van der Waals surface area contributed by atoms with Crippen LogP contribution in [-0.2, 0) is 0 Å². The van der Waals surface area contributed by atoms with E-state index in [1.807, 2.05) is 25.2 Å². The molecule has 88 valence electrons. The van der Waals surface area contributed by atoms with Crippen LogP contribution in [0.1, 0.15) is 24.9 Å². The van der Waals surface area contributed by atoms with E-state index in [0.29, 0.717) is 13.0 Å². The van der Waals surface area contributed by atoms with Gasteiger partial charge in [0.05, 0.1) is 6.10 Å². The van der Waals surface area contributed by atoms with Crippen molar-refractivity contribution in [3.63, 3.8) is 0 Å². The molecular formula is C13H19NO2. The summed E-state index contributed by atoms with van der Waals surface area (Å²) in [5, 5.41) is 19.9. The highest BCUT2D eigenvalue weighted by molar-refractivity contribution is 5.20. The van der Waals surface area contributed by atoms with E-state index < -0.39 is 11.7 Å². The van der Waals surface area contributed by atoms with Crippen molar-refractivity contribution in [2.75, 3.05) is 13.6 Å². The van der Waals surface area contributed by atoms with Gasteiger partial charge in [-0.3, -0.25) is 4.90 Å². The molecule has 1 aromatic rings. The second kappa shape index (κ2) is 4.17. The minimum atomic E-state index is -1.000. The Labute approximate surface area is 96.3 Å². The Morgan fingerprint density at radius 3 is 2.56 bits per heavy atom. The number of benzene rings is 1. The minimum absolute atomic E-state index is 0.191. The fourth-order valence-electron chi connectivity index (χ4n) is 2.43. The monoisotopic (exact) mass is 221 g/mol. The number of aliphatic hydroxyl groups is 2. The number of likely N-dealkylation sites (tertiary alicyclic amines) is 1. The first-order valence-electron chi connectivity index (χ1n) is 5.66. The summed E-state index contributed by atoms with van der Waals surface area (Å²) in [6.45, 7) is 2.18. The third-order valence-corrected chi connectivity index (χ3v) is 3.45. The van der Waals surface area contributed by atoms with Crippen LogP contribution in [0.2, 0.25) is 0 Å². The summed E-state index contributed by atoms with van der Waals surface area (Å²) in [4.78, 5) is 2.10. The lowest BCUT2D eigenvalue weighted by Crippen LogP contribution is -2.54. The van der Waals surface area contributed by atoms with Crippen LogP contribution in [0.3, 0.4) is 0 Å². The minimum Gasteiger partial charge on any atom is -0.390 e. The van der Waals surface area contributed by atoms with Gasteiger partial charge in [-0.2, -0.15) is 0 Å². The van der Waals surface area contributed by atoms with Crippen molar-refractivity contribution >= 4 is 0 Å². The van der Waals surface area contributed by atoms with Gasteiger partial charge in [-0.05, 0) is 26.0 Å². The summed E-state index contributed by atoms with van der Waals surface area (Å²) in [7, 11) is 1.98. The molecule has 3 nitrogen and oxygen atoms in total. The van der Waals surface area contributed by atoms with Crippen LogP contribution in [0, 0.1) is 0 Å². The maximum absolute atomic E-state index is 9.99. The summed E-state index contributed by atoms with van der Waals surface area (Å²) < 4.78 is 0. The van der Waals surface area contributed by atoms with Crippen molar-refractivity contribution in [1.82, 2.24) is 4.90 Å². The number of rotatable bonds is 1. The highest BCUT2D eigenvalue weighted by Crippen LogP contribution is 2.33. The summed E-state index contributed by atoms with van der Waals surface area (Å²) in [6.07, 6.45) is -0.0815. The van der Waals surface area contributed by atoms with E-state index in [1.165, 1.54) is 5.56 Å². The molecule has 1 saturated heterocycles. The van der Waals surface area contributed by atoms with Gasteiger partial charge in [-0.1, -0.05) is 30.3 Å². The fourth-order valence-corrected chi connectivity index (χ4v) is 2.43. The lowest BCUT2D eigenvalue weighted by Gasteiger charge is -2.44. The average Bonchev–Trinajstić information content (AvgIpc) is 2.24. The van der Waals surface area contributed by atoms with Crippen LogP contribution in [0.25, 0.3) is 0 Å². The second-order valence-corrected chi connectivity index (χ2v) is 4.95. The van der Waals surface area contributed by atoms with Gasteiger partial charge in [0.25, 0.3) is 0 Å². The molecule has 1 aromatic carbocycles. The van der Waals surface area contributed by atoms with Crippen LogP contribution in [0.4, 0.5) is 0 Å². The molecule has 0 aliphatic carbocycles. The predicted octanol–water partition coefficient (Wildman–Crippen LogP) is 1.18. The molecule has 3 atom stereocenters. The highest BCUT2D eigenvalue weighted by Gasteiger charge is 2.40. The first kappa shape index (κ1) is 11.6. The summed E-state index contributed by atoms with van der Waals surface area (Å²) in [5.41, 5.74) is 0.194. The van der Waals surface area contributed by atoms with Crippen molar-refractivity contribution in [2.45, 2.75) is 31.1 Å². The van der Waals surface area contributed by atoms with Crippen molar-refractivity contribution in [3.8, 4) is 0 Å². The number of β-amino-alcohol motifs (C(OH)–C–C–N with tert-alkyl or cyclic N) is 1. The lowest BCUT2D eigenvalue weighted by molar-refractivity contribution is -0.121. The predicted molar refractivity (Wildman–Crippen MR) is 63.1 cm³/mol. The lowest BCUT2D eigenvalue weighted by atomic mass is 9.85. The number of aliphatic hydroxyl groups excluding tert-OH is 1. The quantitative estimate of drug-likeness (QED) is 0.748. The van der Waals surface area contributed by atoms with Crippen LogP contribution >= 0.6 is 0 Å². The van der Waals surface area contributed by atoms with Crippen LogP contribution in [-0.4, -0.2) is 40.4 Å². The zero-order valence-electron chi connectivity index (χ0n) is 9.80. The van der Waals surface area contributed by atoms with E-state index in [4.69, 9.17) is 0 Å². The maximum Gasteiger partial charge on any atom is 0.100 e. The average molecular weight is 221 g/mol. The molecule has 0 radical (unpaired) electrons. The van der Waals surface area contributed by atoms with Crippen LogP contribution in [0.15, 0.2) is 30.3 Å². The molecule has 0 spiro atoms. The standard InChI is InChI=1S/C13H19NO2/c1-13(16)9-14(2)11(8-12(13)15)10-6-4-3-5-7-10/h3-7,11-12,15-16H,8-9H2,1-2H3/t11-,12?,13?/m0/s1. The number of likely N-dealkylation sites (N-methyl/N-ethyl adjacent to an activating group) is 1. The summed E-state index contributed by atoms with van der Waals surface area (Å²) >= 11 is 0. The zero-order valence-corrected chi connectivity index (χ0v) is 9.80. The van der Waals surface area contributed by atoms with E-state index in [1.54, 1.807) is 6.92 Å². The van der Waals surface area contributed by atoms with Crippen LogP contribution < -0.4 is 0 Å². The molecule has 1 aliphatic rings. The van der Waals surface area contributed by atoms with Gasteiger partial charge >= 0.3 is 0 Å². The molecule has 0 bridgehead atoms. The molecule has 2 rings (SSSR count). The van der Waals surface area contributed by atoms with Crippen molar-refractivity contribution in [2.24, 2.45) is 0 Å². The molecule has 1 aliphatic heterocycles. The molecule has 1 fully saturated rings. The van der Waals surface area contributed by atoms with E-state index in [-0.39, 0.29) is 6.04 Å². The normalized spacial score (nSPS) is 36.2. The number of nitrogens with zero attached hydrogens (tertiary/aromatic N) is 1. The number of hydrogen-bond donors (Lipinski definition) is 2. The second-order valence-electron chi connectivity index (χ2n) is 4.95. The van der Waals surface area contributed by atoms with Gasteiger partial charge in [-0.25, -0.2) is 0 Å². The highest BCUT2D eigenvalue weighted by atomic mass is 16.3. The smallest absolute Gasteiger partial charge is 0.100 e. The van der Waals surface area contributed by atoms with Gasteiger partial charge in [0.15, 0.2) is 0 Å². The van der Waals surface area contributed by atoms with Gasteiger partial charge in [-0.15, -0.1) is 0 Å². The third kappa shape index (κ3) is 2.12. The Morgan fingerprint density at radius 2 is 1.94 bits per heavy atom. The zero-order chi connectivity index (χ0) is 11.8. The Hall–Kier alpha value is -0.900. The van der Waals surface area contributed by atoms with E-state index in [0.717, 1.165) is 0 Å². The van der Waals surface area contributed by atoms with E-state index >= 15 is 0 Å². The molecule has 1 heterocycles. The molecule has 0 saturated carbocycles. The first-order valence-corrected chi connectivity index (χ1v) is 5.66. The Morgan fingerprint density at radius 1 is 1.31 bits per heavy atom. The molecule has 2 unspecified atom stereocenters. The van der Waals surface area contributed by atoms with Gasteiger partial charge in [0.2, 0.25) is 0 Å². The Bertz CT molecular complexity index is 350. The number of hydrogen-bond acceptors (Lipinski definition) is 3. The maximum atomic E-state index is 9.99. The van der Waals surface area contributed by atoms with E-state index in [9.17, 15) is 10.2 Å². The molecule has 0 aromatic heterocycles. The molecule has 2 N–H and O–H groups in total. The molecule has 16 heavy (non-hydrogen) atoms. The Kier molecular flexibility index (Phi) is 3.02. The number of piperidine rings is 1. The van der Waals surface area contributed by atoms with Gasteiger partial charge in [0, 0.05) is 12.6 Å². The summed E-state index contributed by atoms with van der Waals surface area (Å²) in [5.74, 6) is 0. The van der Waals surface area contributed by atoms with Crippen LogP contribution in [0.5, 0.6) is 0 Å². The van der Waals surface area contributed by atoms with Crippen molar-refractivity contribution < 1.29 is 10.2 Å². The van der Waals surface area contributed by atoms with Gasteiger partial charge < -0.3 is 10.2 Å². The molecule has 0 amide bonds. The fraction of sp³-hybridized carbons (Fsp3) is 0.538. The third-order valence-electron chi connectivity index (χ3n) is 3.45. The van der Waals surface area contributed by atoms with Crippen molar-refractivity contribution in [3.05, 3.63) is 35.9 Å². The summed E-state index contributed by atoms with van der Waals surface area (Å²) in [6, 6.07) is 10.3. The first-order chi connectivity index (χ1) is 7.50.